The number of benzene rings is 2. The molecule has 3 N–H and O–H groups in total. The van der Waals surface area contributed by atoms with Crippen LogP contribution in [0, 0.1) is 18.8 Å². The molecular formula is C37H45BrN8O2. The van der Waals surface area contributed by atoms with E-state index in [9.17, 15) is 9.59 Å². The van der Waals surface area contributed by atoms with Crippen LogP contribution in [0.4, 0.5) is 22.2 Å². The zero-order chi connectivity index (χ0) is 33.8. The molecule has 252 valence electrons. The predicted octanol–water partition coefficient (Wildman–Crippen LogP) is 7.24. The minimum absolute atomic E-state index is 0.120. The largest absolute Gasteiger partial charge is 0.340 e. The Morgan fingerprint density at radius 1 is 0.979 bits per heavy atom. The molecule has 0 bridgehead atoms. The number of rotatable bonds is 8. The molecule has 2 aliphatic rings. The fourth-order valence-corrected chi connectivity index (χ4v) is 6.97. The molecule has 2 saturated heterocycles. The lowest BCUT2D eigenvalue weighted by atomic mass is 9.73. The first-order valence-electron chi connectivity index (χ1n) is 16.9. The SMILES string of the molecule is Cc1ccc(-n2nc(C(C)(C)C)cc2NC(=O)Nc2cccc(C(C(=O)C3CCCN(c4ncc(Br)cn4)C3)C3CCNCC3)c2)cc1. The van der Waals surface area contributed by atoms with Gasteiger partial charge in [0.2, 0.25) is 5.95 Å². The van der Waals surface area contributed by atoms with Gasteiger partial charge >= 0.3 is 6.03 Å². The van der Waals surface area contributed by atoms with Crippen molar-refractivity contribution in [1.29, 1.82) is 0 Å². The molecule has 2 fully saturated rings. The van der Waals surface area contributed by atoms with E-state index < -0.39 is 0 Å². The van der Waals surface area contributed by atoms with E-state index in [-0.39, 0.29) is 35.0 Å². The maximum Gasteiger partial charge on any atom is 0.324 e. The number of carbonyl (C=O) groups is 2. The molecule has 0 saturated carbocycles. The number of nitrogens with zero attached hydrogens (tertiary/aromatic N) is 5. The topological polar surface area (TPSA) is 117 Å². The number of ketones is 1. The number of amides is 2. The van der Waals surface area contributed by atoms with Gasteiger partial charge < -0.3 is 15.5 Å². The number of aryl methyl sites for hydroxylation is 1. The van der Waals surface area contributed by atoms with Crippen molar-refractivity contribution in [2.24, 2.45) is 11.8 Å². The molecule has 0 spiro atoms. The first-order chi connectivity index (χ1) is 23.0. The van der Waals surface area contributed by atoms with Gasteiger partial charge in [0.1, 0.15) is 11.6 Å². The van der Waals surface area contributed by atoms with Gasteiger partial charge in [0, 0.05) is 54.5 Å². The van der Waals surface area contributed by atoms with Crippen molar-refractivity contribution in [3.05, 3.63) is 88.3 Å². The highest BCUT2D eigenvalue weighted by Gasteiger charge is 2.37. The van der Waals surface area contributed by atoms with Crippen LogP contribution in [0.3, 0.4) is 0 Å². The average Bonchev–Trinajstić information content (AvgIpc) is 3.50. The normalized spacial score (nSPS) is 17.9. The van der Waals surface area contributed by atoms with Crippen molar-refractivity contribution < 1.29 is 9.59 Å². The van der Waals surface area contributed by atoms with E-state index in [1.54, 1.807) is 17.1 Å². The Labute approximate surface area is 291 Å². The highest BCUT2D eigenvalue weighted by molar-refractivity contribution is 9.10. The van der Waals surface area contributed by atoms with Crippen LogP contribution in [-0.2, 0) is 10.2 Å². The smallest absolute Gasteiger partial charge is 0.324 e. The van der Waals surface area contributed by atoms with Crippen LogP contribution in [0.15, 0.2) is 71.5 Å². The third-order valence-corrected chi connectivity index (χ3v) is 9.79. The van der Waals surface area contributed by atoms with Gasteiger partial charge in [0.05, 0.1) is 15.9 Å². The molecule has 48 heavy (non-hydrogen) atoms. The van der Waals surface area contributed by atoms with Crippen LogP contribution < -0.4 is 20.9 Å². The minimum Gasteiger partial charge on any atom is -0.340 e. The Hall–Kier alpha value is -4.09. The Morgan fingerprint density at radius 2 is 1.71 bits per heavy atom. The number of aromatic nitrogens is 4. The summed E-state index contributed by atoms with van der Waals surface area (Å²) < 4.78 is 2.60. The number of piperidine rings is 2. The third-order valence-electron chi connectivity index (χ3n) is 9.38. The summed E-state index contributed by atoms with van der Waals surface area (Å²) in [6, 6.07) is 17.4. The van der Waals surface area contributed by atoms with Gasteiger partial charge in [-0.1, -0.05) is 50.6 Å². The van der Waals surface area contributed by atoms with Gasteiger partial charge in [-0.25, -0.2) is 19.4 Å². The Kier molecular flexibility index (Phi) is 10.3. The standard InChI is InChI=1S/C37H45BrN8O2/c1-24-10-12-30(13-11-24)46-32(20-31(44-46)37(2,3)4)43-36(48)42-29-9-5-7-26(19-29)33(25-14-16-39-17-15-25)34(47)27-8-6-18-45(23-27)35-40-21-28(38)22-41-35/h5,7,9-13,19-22,25,27,33,39H,6,8,14-18,23H2,1-4H3,(H2,42,43,48). The molecule has 2 aromatic heterocycles. The summed E-state index contributed by atoms with van der Waals surface area (Å²) in [6.45, 7) is 11.6. The molecule has 2 aliphatic heterocycles. The Morgan fingerprint density at radius 3 is 2.42 bits per heavy atom. The monoisotopic (exact) mass is 712 g/mol. The number of carbonyl (C=O) groups excluding carboxylic acids is 2. The molecule has 11 heteroatoms. The number of halogens is 1. The van der Waals surface area contributed by atoms with E-state index in [0.717, 1.165) is 72.3 Å². The second-order valence-corrected chi connectivity index (χ2v) is 15.0. The molecule has 4 heterocycles. The summed E-state index contributed by atoms with van der Waals surface area (Å²) in [6.07, 6.45) is 7.12. The fourth-order valence-electron chi connectivity index (χ4n) is 6.77. The second-order valence-electron chi connectivity index (χ2n) is 14.1. The molecule has 2 amide bonds. The quantitative estimate of drug-likeness (QED) is 0.176. The number of urea groups is 1. The molecule has 0 radical (unpaired) electrons. The molecule has 2 atom stereocenters. The van der Waals surface area contributed by atoms with Crippen molar-refractivity contribution >= 4 is 45.2 Å². The van der Waals surface area contributed by atoms with Gasteiger partial charge in [-0.05, 0) is 97.4 Å². The van der Waals surface area contributed by atoms with Gasteiger partial charge in [-0.3, -0.25) is 10.1 Å². The maximum atomic E-state index is 14.5. The molecule has 6 rings (SSSR count). The molecule has 4 aromatic rings. The van der Waals surface area contributed by atoms with Crippen LogP contribution >= 0.6 is 15.9 Å². The molecule has 2 aromatic carbocycles. The van der Waals surface area contributed by atoms with E-state index in [0.29, 0.717) is 24.0 Å². The zero-order valence-electron chi connectivity index (χ0n) is 28.2. The number of nitrogens with one attached hydrogen (secondary N) is 3. The van der Waals surface area contributed by atoms with Crippen molar-refractivity contribution in [2.75, 3.05) is 41.7 Å². The van der Waals surface area contributed by atoms with E-state index in [4.69, 9.17) is 5.10 Å². The number of hydrogen-bond acceptors (Lipinski definition) is 7. The number of hydrogen-bond donors (Lipinski definition) is 3. The van der Waals surface area contributed by atoms with Crippen LogP contribution in [-0.4, -0.2) is 57.7 Å². The van der Waals surface area contributed by atoms with E-state index in [2.05, 4.69) is 67.5 Å². The van der Waals surface area contributed by atoms with Crippen LogP contribution in [0.2, 0.25) is 0 Å². The average molecular weight is 714 g/mol. The highest BCUT2D eigenvalue weighted by Crippen LogP contribution is 2.37. The predicted molar refractivity (Wildman–Crippen MR) is 194 cm³/mol. The van der Waals surface area contributed by atoms with Gasteiger partial charge in [0.25, 0.3) is 0 Å². The lowest BCUT2D eigenvalue weighted by Gasteiger charge is -2.37. The Bertz CT molecular complexity index is 1730. The fraction of sp³-hybridized carbons (Fsp3) is 0.432. The van der Waals surface area contributed by atoms with Crippen molar-refractivity contribution in [3.8, 4) is 5.69 Å². The van der Waals surface area contributed by atoms with E-state index in [1.807, 2.05) is 61.5 Å². The van der Waals surface area contributed by atoms with Gasteiger partial charge in [-0.15, -0.1) is 0 Å². The van der Waals surface area contributed by atoms with Crippen LogP contribution in [0.25, 0.3) is 5.69 Å². The first kappa shape index (κ1) is 33.8. The van der Waals surface area contributed by atoms with Crippen molar-refractivity contribution in [3.63, 3.8) is 0 Å². The van der Waals surface area contributed by atoms with Crippen LogP contribution in [0.1, 0.15) is 69.2 Å². The summed E-state index contributed by atoms with van der Waals surface area (Å²) in [5.41, 5.74) is 4.27. The minimum atomic E-state index is -0.372. The molecular weight excluding hydrogens is 668 g/mol. The summed E-state index contributed by atoms with van der Waals surface area (Å²) in [4.78, 5) is 39.1. The van der Waals surface area contributed by atoms with E-state index >= 15 is 0 Å². The van der Waals surface area contributed by atoms with Crippen LogP contribution in [0.5, 0.6) is 0 Å². The summed E-state index contributed by atoms with van der Waals surface area (Å²) in [7, 11) is 0. The third kappa shape index (κ3) is 7.95. The molecule has 2 unspecified atom stereocenters. The van der Waals surface area contributed by atoms with Crippen molar-refractivity contribution in [2.45, 2.75) is 64.7 Å². The van der Waals surface area contributed by atoms with Crippen molar-refractivity contribution in [1.82, 2.24) is 25.1 Å². The second kappa shape index (κ2) is 14.6. The highest BCUT2D eigenvalue weighted by atomic mass is 79.9. The van der Waals surface area contributed by atoms with Gasteiger partial charge in [0.15, 0.2) is 0 Å². The zero-order valence-corrected chi connectivity index (χ0v) is 29.8. The summed E-state index contributed by atoms with van der Waals surface area (Å²) >= 11 is 3.42. The lowest BCUT2D eigenvalue weighted by Crippen LogP contribution is -2.43. The Balaban J connectivity index is 1.22. The summed E-state index contributed by atoms with van der Waals surface area (Å²) in [5.74, 6) is 1.35. The first-order valence-corrected chi connectivity index (χ1v) is 17.7. The number of anilines is 3. The lowest BCUT2D eigenvalue weighted by molar-refractivity contribution is -0.126. The summed E-state index contributed by atoms with van der Waals surface area (Å²) in [5, 5.41) is 14.4. The number of Topliss-reactive ketones (excluding diaryl/α,β-unsaturated/α-hetero) is 1. The molecule has 0 aliphatic carbocycles. The van der Waals surface area contributed by atoms with Gasteiger partial charge in [-0.2, -0.15) is 5.10 Å². The maximum absolute atomic E-state index is 14.5. The van der Waals surface area contributed by atoms with E-state index in [1.165, 1.54) is 0 Å². The molecule has 10 nitrogen and oxygen atoms in total.